The largest absolute Gasteiger partial charge is 0.340 e. The van der Waals surface area contributed by atoms with Crippen molar-refractivity contribution >= 4 is 17.6 Å². The number of halogens is 2. The molecular weight excluding hydrogens is 188 g/mol. The molecule has 0 bridgehead atoms. The van der Waals surface area contributed by atoms with Crippen LogP contribution in [0.3, 0.4) is 0 Å². The molecule has 0 spiro atoms. The summed E-state index contributed by atoms with van der Waals surface area (Å²) in [5, 5.41) is 5.12. The number of rotatable bonds is 5. The highest BCUT2D eigenvalue weighted by Crippen LogP contribution is 1.91. The Balaban J connectivity index is 3.77. The summed E-state index contributed by atoms with van der Waals surface area (Å²) in [7, 11) is 0. The lowest BCUT2D eigenvalue weighted by atomic mass is 10.2. The van der Waals surface area contributed by atoms with Gasteiger partial charge in [0.2, 0.25) is 0 Å². The Kier molecular flexibility index (Phi) is 6.26. The smallest absolute Gasteiger partial charge is 0.334 e. The minimum absolute atomic E-state index is 0.0170. The van der Waals surface area contributed by atoms with Crippen molar-refractivity contribution in [3.05, 3.63) is 4.91 Å². The Morgan fingerprint density at radius 3 is 2.75 bits per heavy atom. The van der Waals surface area contributed by atoms with Gasteiger partial charge in [0, 0.05) is 12.4 Å². The van der Waals surface area contributed by atoms with Crippen molar-refractivity contribution in [1.82, 2.24) is 10.3 Å². The third-order valence-electron chi connectivity index (χ3n) is 1.00. The van der Waals surface area contributed by atoms with Gasteiger partial charge in [-0.25, -0.2) is 9.18 Å². The molecule has 0 atom stereocenters. The van der Waals surface area contributed by atoms with E-state index in [1.165, 1.54) is 0 Å². The highest BCUT2D eigenvalue weighted by molar-refractivity contribution is 6.18. The van der Waals surface area contributed by atoms with Gasteiger partial charge in [-0.05, 0) is 0 Å². The fraction of sp³-hybridized carbons (Fsp3) is 0.800. The lowest BCUT2D eigenvalue weighted by molar-refractivity contribution is 0.201. The fourth-order valence-electron chi connectivity index (χ4n) is 0.505. The van der Waals surface area contributed by atoms with E-state index < -0.39 is 12.7 Å². The molecule has 0 unspecified atom stereocenters. The lowest BCUT2D eigenvalue weighted by Crippen LogP contribution is -2.38. The van der Waals surface area contributed by atoms with Gasteiger partial charge >= 0.3 is 6.03 Å². The number of nitroso groups, excluding NO2 is 1. The molecule has 0 rings (SSSR count). The van der Waals surface area contributed by atoms with Crippen LogP contribution < -0.4 is 5.32 Å². The van der Waals surface area contributed by atoms with Crippen LogP contribution in [0.5, 0.6) is 0 Å². The van der Waals surface area contributed by atoms with Gasteiger partial charge in [-0.15, -0.1) is 16.5 Å². The number of carbonyl (C=O) groups excluding carboxylic acids is 1. The highest BCUT2D eigenvalue weighted by Gasteiger charge is 2.11. The standard InChI is InChI=1S/C5H9ClFN3O2/c6-1-4-10(9-12)5(11)8-3-2-7/h1-4H2,(H,8,11)/i5-1. The van der Waals surface area contributed by atoms with E-state index >= 15 is 0 Å². The van der Waals surface area contributed by atoms with Gasteiger partial charge in [0.25, 0.3) is 0 Å². The topological polar surface area (TPSA) is 61.8 Å². The Bertz CT molecular complexity index is 158. The number of nitrogens with zero attached hydrogens (tertiary/aromatic N) is 2. The van der Waals surface area contributed by atoms with Crippen LogP contribution in [0.25, 0.3) is 0 Å². The first-order chi connectivity index (χ1) is 5.76. The predicted octanol–water partition coefficient (Wildman–Crippen LogP) is 0.888. The van der Waals surface area contributed by atoms with Gasteiger partial charge < -0.3 is 5.32 Å². The second kappa shape index (κ2) is 6.78. The first kappa shape index (κ1) is 11.1. The molecule has 0 fully saturated rings. The second-order valence-electron chi connectivity index (χ2n) is 1.81. The Morgan fingerprint density at radius 2 is 2.33 bits per heavy atom. The molecule has 2 amide bonds. The Morgan fingerprint density at radius 1 is 1.67 bits per heavy atom. The predicted molar refractivity (Wildman–Crippen MR) is 42.6 cm³/mol. The number of hydrogen-bond acceptors (Lipinski definition) is 3. The van der Waals surface area contributed by atoms with Crippen LogP contribution in [0.1, 0.15) is 0 Å². The number of nitrogens with one attached hydrogen (secondary N) is 1. The van der Waals surface area contributed by atoms with E-state index in [2.05, 4.69) is 10.6 Å². The Labute approximate surface area is 73.8 Å². The van der Waals surface area contributed by atoms with Crippen molar-refractivity contribution in [1.29, 1.82) is 0 Å². The van der Waals surface area contributed by atoms with Crippen LogP contribution in [0.2, 0.25) is 0 Å². The zero-order valence-corrected chi connectivity index (χ0v) is 7.05. The first-order valence-corrected chi connectivity index (χ1v) is 3.80. The molecule has 0 aromatic rings. The highest BCUT2D eigenvalue weighted by atomic mass is 35.5. The molecule has 5 nitrogen and oxygen atoms in total. The van der Waals surface area contributed by atoms with Crippen molar-refractivity contribution in [2.45, 2.75) is 0 Å². The SMILES string of the molecule is O=NN(CCCl)[11C](=O)NCCF. The molecule has 7 heteroatoms. The maximum absolute atomic E-state index is 11.5. The zero-order valence-electron chi connectivity index (χ0n) is 6.30. The summed E-state index contributed by atoms with van der Waals surface area (Å²) < 4.78 is 11.5. The monoisotopic (exact) mass is 196 g/mol. The van der Waals surface area contributed by atoms with E-state index in [1.807, 2.05) is 0 Å². The van der Waals surface area contributed by atoms with E-state index in [0.29, 0.717) is 5.01 Å². The number of alkyl halides is 2. The summed E-state index contributed by atoms with van der Waals surface area (Å²) in [4.78, 5) is 20.8. The second-order valence-corrected chi connectivity index (χ2v) is 2.19. The fourth-order valence-corrected chi connectivity index (χ4v) is 0.665. The van der Waals surface area contributed by atoms with E-state index in [4.69, 9.17) is 11.6 Å². The molecule has 70 valence electrons. The molecule has 0 aromatic carbocycles. The summed E-state index contributed by atoms with van der Waals surface area (Å²) in [6.45, 7) is -0.796. The van der Waals surface area contributed by atoms with Crippen molar-refractivity contribution in [2.24, 2.45) is 5.29 Å². The summed E-state index contributed by atoms with van der Waals surface area (Å²) in [6, 6.07) is -0.733. The number of hydrogen-bond donors (Lipinski definition) is 1. The number of urea groups is 1. The van der Waals surface area contributed by atoms with Crippen molar-refractivity contribution in [3.8, 4) is 0 Å². The summed E-state index contributed by atoms with van der Waals surface area (Å²) in [5.41, 5.74) is 0. The molecular formula is C5H9ClFN3O2. The van der Waals surface area contributed by atoms with Gasteiger partial charge in [-0.2, -0.15) is 5.01 Å². The lowest BCUT2D eigenvalue weighted by Gasteiger charge is -2.11. The van der Waals surface area contributed by atoms with Gasteiger partial charge in [0.1, 0.15) is 6.67 Å². The van der Waals surface area contributed by atoms with Gasteiger partial charge in [-0.1, -0.05) is 0 Å². The average molecular weight is 197 g/mol. The van der Waals surface area contributed by atoms with Crippen LogP contribution >= 0.6 is 11.6 Å². The van der Waals surface area contributed by atoms with Crippen LogP contribution in [0.15, 0.2) is 5.29 Å². The van der Waals surface area contributed by atoms with Gasteiger partial charge in [0.05, 0.1) is 11.8 Å². The van der Waals surface area contributed by atoms with Crippen molar-refractivity contribution in [3.63, 3.8) is 0 Å². The maximum atomic E-state index is 11.5. The van der Waals surface area contributed by atoms with E-state index in [9.17, 15) is 14.1 Å². The normalized spacial score (nSPS) is 9.17. The summed E-state index contributed by atoms with van der Waals surface area (Å²) in [5.74, 6) is 0.106. The van der Waals surface area contributed by atoms with E-state index in [0.717, 1.165) is 0 Å². The van der Waals surface area contributed by atoms with Gasteiger partial charge in [0.15, 0.2) is 0 Å². The van der Waals surface area contributed by atoms with Crippen LogP contribution in [-0.2, 0) is 0 Å². The molecule has 0 aromatic heterocycles. The zero-order chi connectivity index (χ0) is 9.40. The third-order valence-corrected chi connectivity index (χ3v) is 1.17. The average Bonchev–Trinajstić information content (AvgIpc) is 2.10. The molecule has 0 aliphatic carbocycles. The molecule has 1 N–H and O–H groups in total. The quantitative estimate of drug-likeness (QED) is 0.403. The summed E-state index contributed by atoms with van der Waals surface area (Å²) in [6.07, 6.45) is 0. The third kappa shape index (κ3) is 4.07. The number of amides is 2. The number of carbonyl (C=O) groups is 1. The summed E-state index contributed by atoms with van der Waals surface area (Å²) >= 11 is 5.26. The van der Waals surface area contributed by atoms with Crippen LogP contribution in [0, 0.1) is 4.91 Å². The molecule has 0 aliphatic heterocycles. The molecule has 12 heavy (non-hydrogen) atoms. The molecule has 0 heterocycles. The first-order valence-electron chi connectivity index (χ1n) is 3.26. The van der Waals surface area contributed by atoms with Gasteiger partial charge in [-0.3, -0.25) is 0 Å². The van der Waals surface area contributed by atoms with Crippen molar-refractivity contribution < 1.29 is 9.18 Å². The maximum Gasteiger partial charge on any atom is 0.340 e. The minimum atomic E-state index is -0.733. The van der Waals surface area contributed by atoms with Crippen molar-refractivity contribution in [2.75, 3.05) is 25.6 Å². The van der Waals surface area contributed by atoms with Crippen LogP contribution in [-0.4, -0.2) is 36.7 Å². The molecule has 0 aliphatic rings. The molecule has 0 saturated carbocycles. The molecule has 0 radical (unpaired) electrons. The van der Waals surface area contributed by atoms with E-state index in [-0.39, 0.29) is 19.0 Å². The Hall–Kier alpha value is -0.910. The molecule has 0 saturated heterocycles. The minimum Gasteiger partial charge on any atom is -0.334 e. The van der Waals surface area contributed by atoms with Crippen LogP contribution in [0.4, 0.5) is 9.18 Å². The van der Waals surface area contributed by atoms with E-state index in [1.54, 1.807) is 0 Å².